The van der Waals surface area contributed by atoms with Crippen LogP contribution in [0, 0.1) is 24.7 Å². The van der Waals surface area contributed by atoms with Crippen LogP contribution in [0.1, 0.15) is 13.8 Å². The van der Waals surface area contributed by atoms with Crippen LogP contribution in [-0.4, -0.2) is 18.9 Å². The molecule has 3 nitrogen and oxygen atoms in total. The van der Waals surface area contributed by atoms with Gasteiger partial charge in [-0.05, 0) is 13.8 Å². The van der Waals surface area contributed by atoms with Crippen molar-refractivity contribution in [2.75, 3.05) is 12.8 Å². The molecule has 2 atom stereocenters. The minimum absolute atomic E-state index is 0.0495. The Labute approximate surface area is 91.4 Å². The summed E-state index contributed by atoms with van der Waals surface area (Å²) in [4.78, 5) is 0. The zero-order chi connectivity index (χ0) is 11.7. The van der Waals surface area contributed by atoms with Gasteiger partial charge in [0.25, 0.3) is 0 Å². The van der Waals surface area contributed by atoms with E-state index in [0.717, 1.165) is 0 Å². The molecule has 0 saturated carbocycles. The Balaban J connectivity index is 4.49. The SMILES string of the molecule is C#CCOP(=O)(CC=CC)OC(C)C#C. The Bertz CT molecular complexity index is 333. The average molecular weight is 226 g/mol. The van der Waals surface area contributed by atoms with E-state index >= 15 is 0 Å². The maximum atomic E-state index is 12.0. The molecular weight excluding hydrogens is 211 g/mol. The summed E-state index contributed by atoms with van der Waals surface area (Å²) >= 11 is 0. The largest absolute Gasteiger partial charge is 0.336 e. The summed E-state index contributed by atoms with van der Waals surface area (Å²) in [5.41, 5.74) is 0. The second-order valence-corrected chi connectivity index (χ2v) is 4.81. The van der Waals surface area contributed by atoms with Crippen molar-refractivity contribution in [1.82, 2.24) is 0 Å². The quantitative estimate of drug-likeness (QED) is 0.396. The number of hydrogen-bond acceptors (Lipinski definition) is 3. The molecule has 0 bridgehead atoms. The minimum atomic E-state index is -3.20. The first kappa shape index (κ1) is 14.0. The van der Waals surface area contributed by atoms with Gasteiger partial charge in [-0.2, -0.15) is 0 Å². The van der Waals surface area contributed by atoms with Crippen LogP contribution in [0.5, 0.6) is 0 Å². The highest BCUT2D eigenvalue weighted by atomic mass is 31.2. The molecule has 0 rings (SSSR count). The molecule has 4 heteroatoms. The molecule has 82 valence electrons. The van der Waals surface area contributed by atoms with Gasteiger partial charge in [-0.1, -0.05) is 24.0 Å². The third-order valence-corrected chi connectivity index (χ3v) is 3.28. The predicted octanol–water partition coefficient (Wildman–Crippen LogP) is 2.44. The van der Waals surface area contributed by atoms with Gasteiger partial charge in [0.15, 0.2) is 0 Å². The fraction of sp³-hybridized carbons (Fsp3) is 0.455. The molecule has 0 aliphatic carbocycles. The highest BCUT2D eigenvalue weighted by molar-refractivity contribution is 7.54. The maximum absolute atomic E-state index is 12.0. The summed E-state index contributed by atoms with van der Waals surface area (Å²) in [5, 5.41) is 0. The lowest BCUT2D eigenvalue weighted by atomic mass is 10.4. The Morgan fingerprint density at radius 1 is 1.53 bits per heavy atom. The summed E-state index contributed by atoms with van der Waals surface area (Å²) in [6, 6.07) is 0. The molecule has 0 saturated heterocycles. The monoisotopic (exact) mass is 226 g/mol. The van der Waals surface area contributed by atoms with Gasteiger partial charge in [0, 0.05) is 0 Å². The first-order chi connectivity index (χ1) is 7.08. The normalized spacial score (nSPS) is 16.5. The second kappa shape index (κ2) is 7.32. The molecule has 0 fully saturated rings. The molecule has 0 aromatic heterocycles. The van der Waals surface area contributed by atoms with Crippen molar-refractivity contribution in [3.63, 3.8) is 0 Å². The molecule has 0 radical (unpaired) electrons. The number of terminal acetylenes is 2. The molecule has 0 N–H and O–H groups in total. The summed E-state index contributed by atoms with van der Waals surface area (Å²) in [7, 11) is -3.20. The number of allylic oxidation sites excluding steroid dienone is 2. The average Bonchev–Trinajstić information content (AvgIpc) is 2.23. The zero-order valence-corrected chi connectivity index (χ0v) is 9.87. The molecule has 0 aromatic carbocycles. The number of rotatable bonds is 6. The highest BCUT2D eigenvalue weighted by Crippen LogP contribution is 2.49. The molecule has 0 aliphatic heterocycles. The van der Waals surface area contributed by atoms with Gasteiger partial charge >= 0.3 is 7.60 Å². The summed E-state index contributed by atoms with van der Waals surface area (Å²) < 4.78 is 22.2. The van der Waals surface area contributed by atoms with Gasteiger partial charge in [-0.3, -0.25) is 13.6 Å². The fourth-order valence-electron chi connectivity index (χ4n) is 0.768. The summed E-state index contributed by atoms with van der Waals surface area (Å²) in [5.74, 6) is 4.56. The van der Waals surface area contributed by atoms with Crippen molar-refractivity contribution in [2.24, 2.45) is 0 Å². The van der Waals surface area contributed by atoms with Crippen molar-refractivity contribution in [1.29, 1.82) is 0 Å². The molecule has 0 heterocycles. The van der Waals surface area contributed by atoms with Crippen LogP contribution in [0.25, 0.3) is 0 Å². The topological polar surface area (TPSA) is 35.5 Å². The second-order valence-electron chi connectivity index (χ2n) is 2.75. The third kappa shape index (κ3) is 6.15. The molecule has 2 unspecified atom stereocenters. The minimum Gasteiger partial charge on any atom is -0.295 e. The first-order valence-corrected chi connectivity index (χ1v) is 6.23. The van der Waals surface area contributed by atoms with Crippen LogP contribution in [0.15, 0.2) is 12.2 Å². The van der Waals surface area contributed by atoms with E-state index in [2.05, 4.69) is 11.8 Å². The van der Waals surface area contributed by atoms with Crippen LogP contribution in [0.2, 0.25) is 0 Å². The van der Waals surface area contributed by atoms with Gasteiger partial charge in [0.05, 0.1) is 6.16 Å². The number of hydrogen-bond donors (Lipinski definition) is 0. The van der Waals surface area contributed by atoms with Crippen LogP contribution in [-0.2, 0) is 13.6 Å². The van der Waals surface area contributed by atoms with Crippen LogP contribution >= 0.6 is 7.60 Å². The Morgan fingerprint density at radius 2 is 2.20 bits per heavy atom. The van der Waals surface area contributed by atoms with E-state index in [9.17, 15) is 4.57 Å². The lowest BCUT2D eigenvalue weighted by Crippen LogP contribution is -2.07. The Kier molecular flexibility index (Phi) is 6.84. The van der Waals surface area contributed by atoms with Crippen molar-refractivity contribution >= 4 is 7.60 Å². The molecule has 0 aromatic rings. The maximum Gasteiger partial charge on any atom is 0.336 e. The Hall–Kier alpha value is -0.990. The fourth-order valence-corrected chi connectivity index (χ4v) is 2.30. The third-order valence-electron chi connectivity index (χ3n) is 1.46. The van der Waals surface area contributed by atoms with E-state index < -0.39 is 13.7 Å². The van der Waals surface area contributed by atoms with Crippen LogP contribution in [0.4, 0.5) is 0 Å². The molecular formula is C11H15O3P. The van der Waals surface area contributed by atoms with E-state index in [-0.39, 0.29) is 12.8 Å². The lowest BCUT2D eigenvalue weighted by Gasteiger charge is -2.17. The van der Waals surface area contributed by atoms with E-state index in [1.807, 2.05) is 6.92 Å². The van der Waals surface area contributed by atoms with Gasteiger partial charge in [0.2, 0.25) is 0 Å². The molecule has 0 aliphatic rings. The van der Waals surface area contributed by atoms with Gasteiger partial charge in [0.1, 0.15) is 12.7 Å². The Morgan fingerprint density at radius 3 is 2.67 bits per heavy atom. The smallest absolute Gasteiger partial charge is 0.295 e. The highest BCUT2D eigenvalue weighted by Gasteiger charge is 2.24. The van der Waals surface area contributed by atoms with E-state index in [1.165, 1.54) is 0 Å². The van der Waals surface area contributed by atoms with Crippen molar-refractivity contribution in [3.05, 3.63) is 12.2 Å². The van der Waals surface area contributed by atoms with Crippen molar-refractivity contribution in [3.8, 4) is 24.7 Å². The standard InChI is InChI=1S/C11H15O3P/c1-5-8-10-15(12,13-9-6-2)14-11(4)7-3/h2-3,5,8,11H,9-10H2,1,4H3. The van der Waals surface area contributed by atoms with Gasteiger partial charge in [-0.15, -0.1) is 12.8 Å². The first-order valence-electron chi connectivity index (χ1n) is 4.50. The van der Waals surface area contributed by atoms with Gasteiger partial charge < -0.3 is 0 Å². The summed E-state index contributed by atoms with van der Waals surface area (Å²) in [6.45, 7) is 3.39. The predicted molar refractivity (Wildman–Crippen MR) is 61.5 cm³/mol. The molecule has 0 amide bonds. The van der Waals surface area contributed by atoms with Crippen LogP contribution in [0.3, 0.4) is 0 Å². The van der Waals surface area contributed by atoms with E-state index in [4.69, 9.17) is 21.9 Å². The van der Waals surface area contributed by atoms with E-state index in [1.54, 1.807) is 19.1 Å². The van der Waals surface area contributed by atoms with E-state index in [0.29, 0.717) is 0 Å². The summed E-state index contributed by atoms with van der Waals surface area (Å²) in [6.07, 6.45) is 13.2. The molecule has 0 spiro atoms. The van der Waals surface area contributed by atoms with Crippen molar-refractivity contribution in [2.45, 2.75) is 20.0 Å². The molecule has 15 heavy (non-hydrogen) atoms. The zero-order valence-electron chi connectivity index (χ0n) is 8.97. The van der Waals surface area contributed by atoms with Gasteiger partial charge in [-0.25, -0.2) is 0 Å². The van der Waals surface area contributed by atoms with Crippen LogP contribution < -0.4 is 0 Å². The van der Waals surface area contributed by atoms with Crippen molar-refractivity contribution < 1.29 is 13.6 Å². The lowest BCUT2D eigenvalue weighted by molar-refractivity contribution is 0.202.